The average molecular weight is 340 g/mol. The number of nitrogens with one attached hydrogen (secondary N) is 1. The molecular formula is C16H26BrN3. The molecule has 0 saturated heterocycles. The van der Waals surface area contributed by atoms with Gasteiger partial charge in [-0.3, -0.25) is 0 Å². The van der Waals surface area contributed by atoms with Gasteiger partial charge >= 0.3 is 0 Å². The third-order valence-electron chi connectivity index (χ3n) is 4.04. The van der Waals surface area contributed by atoms with E-state index >= 15 is 0 Å². The molecule has 1 aromatic heterocycles. The molecule has 1 aromatic rings. The zero-order valence-corrected chi connectivity index (χ0v) is 14.6. The molecular weight excluding hydrogens is 314 g/mol. The first-order chi connectivity index (χ1) is 9.52. The molecule has 112 valence electrons. The van der Waals surface area contributed by atoms with Gasteiger partial charge < -0.3 is 5.32 Å². The van der Waals surface area contributed by atoms with E-state index in [4.69, 9.17) is 9.97 Å². The van der Waals surface area contributed by atoms with E-state index in [2.05, 4.69) is 48.9 Å². The van der Waals surface area contributed by atoms with Crippen LogP contribution in [0.2, 0.25) is 0 Å². The Morgan fingerprint density at radius 1 is 1.30 bits per heavy atom. The second kappa shape index (κ2) is 6.88. The maximum absolute atomic E-state index is 4.86. The Morgan fingerprint density at radius 2 is 2.05 bits per heavy atom. The Bertz CT molecular complexity index is 459. The number of halogens is 1. The average Bonchev–Trinajstić information content (AvgIpc) is 2.84. The Hall–Kier alpha value is -0.640. The summed E-state index contributed by atoms with van der Waals surface area (Å²) < 4.78 is 1.04. The highest BCUT2D eigenvalue weighted by Gasteiger charge is 2.27. The zero-order chi connectivity index (χ0) is 14.7. The number of aromatic nitrogens is 2. The number of hydrogen-bond donors (Lipinski definition) is 1. The SMILES string of the molecule is CCCNc1nc(C2CCC(C)C2)nc(C(C)C)c1Br. The summed E-state index contributed by atoms with van der Waals surface area (Å²) in [7, 11) is 0. The molecule has 2 rings (SSSR count). The minimum atomic E-state index is 0.409. The van der Waals surface area contributed by atoms with Gasteiger partial charge in [0.15, 0.2) is 0 Å². The third kappa shape index (κ3) is 3.51. The van der Waals surface area contributed by atoms with Crippen molar-refractivity contribution in [3.63, 3.8) is 0 Å². The Morgan fingerprint density at radius 3 is 2.60 bits per heavy atom. The van der Waals surface area contributed by atoms with E-state index in [-0.39, 0.29) is 0 Å². The summed E-state index contributed by atoms with van der Waals surface area (Å²) >= 11 is 3.68. The summed E-state index contributed by atoms with van der Waals surface area (Å²) in [6, 6.07) is 0. The molecule has 20 heavy (non-hydrogen) atoms. The van der Waals surface area contributed by atoms with Crippen LogP contribution < -0.4 is 5.32 Å². The molecule has 0 amide bonds. The molecule has 0 aromatic carbocycles. The van der Waals surface area contributed by atoms with Crippen LogP contribution in [0, 0.1) is 5.92 Å². The molecule has 2 unspecified atom stereocenters. The fraction of sp³-hybridized carbons (Fsp3) is 0.750. The van der Waals surface area contributed by atoms with Gasteiger partial charge in [0, 0.05) is 12.5 Å². The van der Waals surface area contributed by atoms with Crippen LogP contribution in [-0.4, -0.2) is 16.5 Å². The largest absolute Gasteiger partial charge is 0.369 e. The first-order valence-electron chi connectivity index (χ1n) is 7.84. The summed E-state index contributed by atoms with van der Waals surface area (Å²) in [5.74, 6) is 3.77. The van der Waals surface area contributed by atoms with E-state index in [1.165, 1.54) is 19.3 Å². The van der Waals surface area contributed by atoms with Crippen molar-refractivity contribution < 1.29 is 0 Å². The lowest BCUT2D eigenvalue weighted by molar-refractivity contribution is 0.582. The highest BCUT2D eigenvalue weighted by Crippen LogP contribution is 2.38. The van der Waals surface area contributed by atoms with Crippen molar-refractivity contribution in [3.8, 4) is 0 Å². The molecule has 0 aliphatic heterocycles. The smallest absolute Gasteiger partial charge is 0.144 e. The molecule has 1 aliphatic rings. The zero-order valence-electron chi connectivity index (χ0n) is 13.0. The van der Waals surface area contributed by atoms with Crippen molar-refractivity contribution in [1.82, 2.24) is 9.97 Å². The van der Waals surface area contributed by atoms with Crippen LogP contribution in [-0.2, 0) is 0 Å². The standard InChI is InChI=1S/C16H26BrN3/c1-5-8-18-16-13(17)14(10(2)3)19-15(20-16)12-7-6-11(4)9-12/h10-12H,5-9H2,1-4H3,(H,18,19,20). The summed E-state index contributed by atoms with van der Waals surface area (Å²) in [5, 5.41) is 3.43. The molecule has 1 N–H and O–H groups in total. The molecule has 0 radical (unpaired) electrons. The number of nitrogens with zero attached hydrogens (tertiary/aromatic N) is 2. The Kier molecular flexibility index (Phi) is 5.42. The van der Waals surface area contributed by atoms with Crippen molar-refractivity contribution in [2.45, 2.75) is 65.2 Å². The third-order valence-corrected chi connectivity index (χ3v) is 4.83. The highest BCUT2D eigenvalue weighted by atomic mass is 79.9. The predicted molar refractivity (Wildman–Crippen MR) is 88.4 cm³/mol. The number of rotatable bonds is 5. The van der Waals surface area contributed by atoms with Gasteiger partial charge in [-0.05, 0) is 53.4 Å². The van der Waals surface area contributed by atoms with E-state index in [0.717, 1.165) is 40.7 Å². The van der Waals surface area contributed by atoms with E-state index in [1.807, 2.05) is 0 Å². The molecule has 1 heterocycles. The Balaban J connectivity index is 2.33. The maximum atomic E-state index is 4.86. The molecule has 2 atom stereocenters. The molecule has 4 heteroatoms. The van der Waals surface area contributed by atoms with E-state index < -0.39 is 0 Å². The normalized spacial score (nSPS) is 22.5. The molecule has 3 nitrogen and oxygen atoms in total. The minimum absolute atomic E-state index is 0.409. The first-order valence-corrected chi connectivity index (χ1v) is 8.63. The molecule has 1 fully saturated rings. The van der Waals surface area contributed by atoms with Crippen molar-refractivity contribution in [1.29, 1.82) is 0 Å². The molecule has 0 bridgehead atoms. The molecule has 1 saturated carbocycles. The second-order valence-electron chi connectivity index (χ2n) is 6.33. The van der Waals surface area contributed by atoms with Gasteiger partial charge in [0.25, 0.3) is 0 Å². The van der Waals surface area contributed by atoms with Crippen LogP contribution in [0.3, 0.4) is 0 Å². The summed E-state index contributed by atoms with van der Waals surface area (Å²) in [6.45, 7) is 9.84. The molecule has 1 aliphatic carbocycles. The predicted octanol–water partition coefficient (Wildman–Crippen LogP) is 5.09. The van der Waals surface area contributed by atoms with Crippen molar-refractivity contribution in [2.24, 2.45) is 5.92 Å². The van der Waals surface area contributed by atoms with Gasteiger partial charge in [-0.1, -0.05) is 27.7 Å². The van der Waals surface area contributed by atoms with Gasteiger partial charge in [-0.15, -0.1) is 0 Å². The van der Waals surface area contributed by atoms with Gasteiger partial charge in [-0.2, -0.15) is 0 Å². The fourth-order valence-electron chi connectivity index (χ4n) is 2.85. The van der Waals surface area contributed by atoms with Crippen LogP contribution >= 0.6 is 15.9 Å². The monoisotopic (exact) mass is 339 g/mol. The fourth-order valence-corrected chi connectivity index (χ4v) is 3.63. The van der Waals surface area contributed by atoms with E-state index in [0.29, 0.717) is 11.8 Å². The van der Waals surface area contributed by atoms with Crippen LogP contribution in [0.15, 0.2) is 4.47 Å². The number of hydrogen-bond acceptors (Lipinski definition) is 3. The van der Waals surface area contributed by atoms with Gasteiger partial charge in [-0.25, -0.2) is 9.97 Å². The lowest BCUT2D eigenvalue weighted by Crippen LogP contribution is -2.11. The quantitative estimate of drug-likeness (QED) is 0.811. The second-order valence-corrected chi connectivity index (χ2v) is 7.12. The van der Waals surface area contributed by atoms with Crippen LogP contribution in [0.5, 0.6) is 0 Å². The topological polar surface area (TPSA) is 37.8 Å². The Labute approximate surface area is 131 Å². The number of anilines is 1. The van der Waals surface area contributed by atoms with Crippen molar-refractivity contribution in [3.05, 3.63) is 16.0 Å². The van der Waals surface area contributed by atoms with E-state index in [9.17, 15) is 0 Å². The molecule has 0 spiro atoms. The summed E-state index contributed by atoms with van der Waals surface area (Å²) in [5.41, 5.74) is 1.13. The van der Waals surface area contributed by atoms with Gasteiger partial charge in [0.05, 0.1) is 10.2 Å². The van der Waals surface area contributed by atoms with Gasteiger partial charge in [0.2, 0.25) is 0 Å². The van der Waals surface area contributed by atoms with Crippen LogP contribution in [0.25, 0.3) is 0 Å². The minimum Gasteiger partial charge on any atom is -0.369 e. The van der Waals surface area contributed by atoms with Crippen LogP contribution in [0.1, 0.15) is 76.7 Å². The maximum Gasteiger partial charge on any atom is 0.144 e. The summed E-state index contributed by atoms with van der Waals surface area (Å²) in [4.78, 5) is 9.66. The van der Waals surface area contributed by atoms with Crippen LogP contribution in [0.4, 0.5) is 5.82 Å². The summed E-state index contributed by atoms with van der Waals surface area (Å²) in [6.07, 6.45) is 4.86. The highest BCUT2D eigenvalue weighted by molar-refractivity contribution is 9.10. The first kappa shape index (κ1) is 15.7. The van der Waals surface area contributed by atoms with E-state index in [1.54, 1.807) is 0 Å². The van der Waals surface area contributed by atoms with Gasteiger partial charge in [0.1, 0.15) is 11.6 Å². The lowest BCUT2D eigenvalue weighted by atomic mass is 10.0. The van der Waals surface area contributed by atoms with Crippen molar-refractivity contribution >= 4 is 21.7 Å². The lowest BCUT2D eigenvalue weighted by Gasteiger charge is -2.17. The van der Waals surface area contributed by atoms with Crippen molar-refractivity contribution in [2.75, 3.05) is 11.9 Å².